The van der Waals surface area contributed by atoms with Crippen LogP contribution in [-0.2, 0) is 10.0 Å². The van der Waals surface area contributed by atoms with E-state index in [2.05, 4.69) is 15.4 Å². The van der Waals surface area contributed by atoms with Gasteiger partial charge in [0.1, 0.15) is 0 Å². The van der Waals surface area contributed by atoms with Crippen LogP contribution in [0.1, 0.15) is 24.1 Å². The summed E-state index contributed by atoms with van der Waals surface area (Å²) in [6, 6.07) is 18.4. The van der Waals surface area contributed by atoms with Crippen LogP contribution in [0.5, 0.6) is 0 Å². The van der Waals surface area contributed by atoms with Gasteiger partial charge in [-0.05, 0) is 49.2 Å². The molecule has 0 saturated carbocycles. The summed E-state index contributed by atoms with van der Waals surface area (Å²) in [5.74, 6) is 0. The fraction of sp³-hybridized carbons (Fsp3) is 0.136. The van der Waals surface area contributed by atoms with Gasteiger partial charge in [-0.15, -0.1) is 0 Å². The number of sulfonamides is 1. The lowest BCUT2D eigenvalue weighted by atomic mass is 10.1. The number of carbonyl (C=O) groups excluding carboxylic acids is 1. The van der Waals surface area contributed by atoms with E-state index >= 15 is 0 Å². The first-order valence-electron chi connectivity index (χ1n) is 9.66. The van der Waals surface area contributed by atoms with Crippen molar-refractivity contribution in [3.63, 3.8) is 0 Å². The summed E-state index contributed by atoms with van der Waals surface area (Å²) in [7, 11) is -3.99. The molecule has 3 N–H and O–H groups in total. The number of aryl methyl sites for hydroxylation is 1. The third-order valence-electron chi connectivity index (χ3n) is 4.70. The predicted octanol–water partition coefficient (Wildman–Crippen LogP) is 4.59. The SMILES string of the molecule is Cc1ccc([N+](=O)[O-])cc1S(=O)(=O)NC(C)c1ccc(NC(=O)Nc2ccccc2)cc1. The Kier molecular flexibility index (Phi) is 6.86. The van der Waals surface area contributed by atoms with Gasteiger partial charge >= 0.3 is 6.03 Å². The summed E-state index contributed by atoms with van der Waals surface area (Å²) < 4.78 is 28.1. The first-order valence-corrected chi connectivity index (χ1v) is 11.1. The van der Waals surface area contributed by atoms with Crippen molar-refractivity contribution in [2.24, 2.45) is 0 Å². The van der Waals surface area contributed by atoms with Crippen molar-refractivity contribution >= 4 is 33.1 Å². The van der Waals surface area contributed by atoms with E-state index in [1.807, 2.05) is 18.2 Å². The molecule has 0 aliphatic heterocycles. The van der Waals surface area contributed by atoms with Crippen LogP contribution in [-0.4, -0.2) is 19.4 Å². The van der Waals surface area contributed by atoms with Gasteiger partial charge in [0.25, 0.3) is 5.69 Å². The molecule has 0 saturated heterocycles. The van der Waals surface area contributed by atoms with Gasteiger partial charge in [0.15, 0.2) is 0 Å². The van der Waals surface area contributed by atoms with Gasteiger partial charge in [0, 0.05) is 29.5 Å². The van der Waals surface area contributed by atoms with Crippen molar-refractivity contribution in [3.8, 4) is 0 Å². The summed E-state index contributed by atoms with van der Waals surface area (Å²) in [4.78, 5) is 22.3. The molecular weight excluding hydrogens is 432 g/mol. The van der Waals surface area contributed by atoms with Crippen LogP contribution in [0.15, 0.2) is 77.7 Å². The zero-order valence-corrected chi connectivity index (χ0v) is 18.2. The van der Waals surface area contributed by atoms with E-state index in [9.17, 15) is 23.3 Å². The van der Waals surface area contributed by atoms with E-state index in [1.165, 1.54) is 12.1 Å². The molecule has 166 valence electrons. The maximum Gasteiger partial charge on any atom is 0.323 e. The van der Waals surface area contributed by atoms with Crippen LogP contribution in [0, 0.1) is 17.0 Å². The number of amides is 2. The Morgan fingerprint density at radius 2 is 1.53 bits per heavy atom. The topological polar surface area (TPSA) is 130 Å². The number of urea groups is 1. The second-order valence-corrected chi connectivity index (χ2v) is 8.80. The fourth-order valence-electron chi connectivity index (χ4n) is 3.03. The Morgan fingerprint density at radius 1 is 0.938 bits per heavy atom. The molecule has 10 heteroatoms. The zero-order chi connectivity index (χ0) is 23.3. The summed E-state index contributed by atoms with van der Waals surface area (Å²) >= 11 is 0. The molecule has 1 unspecified atom stereocenters. The molecule has 0 aliphatic rings. The number of nitrogens with one attached hydrogen (secondary N) is 3. The second kappa shape index (κ2) is 9.58. The highest BCUT2D eigenvalue weighted by Crippen LogP contribution is 2.24. The number of nitro groups is 1. The number of anilines is 2. The van der Waals surface area contributed by atoms with Crippen LogP contribution in [0.4, 0.5) is 21.9 Å². The normalized spacial score (nSPS) is 12.1. The molecule has 0 fully saturated rings. The van der Waals surface area contributed by atoms with Gasteiger partial charge in [-0.1, -0.05) is 36.4 Å². The van der Waals surface area contributed by atoms with Gasteiger partial charge in [-0.25, -0.2) is 17.9 Å². The molecular formula is C22H22N4O5S. The van der Waals surface area contributed by atoms with Gasteiger partial charge in [-0.2, -0.15) is 0 Å². The quantitative estimate of drug-likeness (QED) is 0.355. The molecule has 1 atom stereocenters. The Balaban J connectivity index is 1.68. The van der Waals surface area contributed by atoms with E-state index in [1.54, 1.807) is 50.2 Å². The van der Waals surface area contributed by atoms with Crippen LogP contribution >= 0.6 is 0 Å². The monoisotopic (exact) mass is 454 g/mol. The van der Waals surface area contributed by atoms with Crippen molar-refractivity contribution < 1.29 is 18.1 Å². The molecule has 32 heavy (non-hydrogen) atoms. The lowest BCUT2D eigenvalue weighted by Gasteiger charge is -2.16. The summed E-state index contributed by atoms with van der Waals surface area (Å²) in [5, 5.41) is 16.4. The molecule has 9 nitrogen and oxygen atoms in total. The highest BCUT2D eigenvalue weighted by atomic mass is 32.2. The molecule has 0 bridgehead atoms. The fourth-order valence-corrected chi connectivity index (χ4v) is 4.52. The third kappa shape index (κ3) is 5.68. The Bertz CT molecular complexity index is 1230. The number of benzene rings is 3. The Labute approximate surface area is 185 Å². The third-order valence-corrected chi connectivity index (χ3v) is 6.39. The molecule has 0 radical (unpaired) electrons. The number of carbonyl (C=O) groups is 1. The van der Waals surface area contributed by atoms with E-state index in [4.69, 9.17) is 0 Å². The van der Waals surface area contributed by atoms with Crippen LogP contribution in [0.25, 0.3) is 0 Å². The van der Waals surface area contributed by atoms with Gasteiger partial charge in [-0.3, -0.25) is 10.1 Å². The predicted molar refractivity (Wildman–Crippen MR) is 122 cm³/mol. The van der Waals surface area contributed by atoms with Crippen LogP contribution < -0.4 is 15.4 Å². The van der Waals surface area contributed by atoms with Crippen molar-refractivity contribution in [2.45, 2.75) is 24.8 Å². The van der Waals surface area contributed by atoms with Crippen molar-refractivity contribution in [1.82, 2.24) is 4.72 Å². The maximum atomic E-state index is 12.8. The molecule has 0 aromatic heterocycles. The number of hydrogen-bond donors (Lipinski definition) is 3. The van der Waals surface area contributed by atoms with Crippen molar-refractivity contribution in [2.75, 3.05) is 10.6 Å². The highest BCUT2D eigenvalue weighted by molar-refractivity contribution is 7.89. The Morgan fingerprint density at radius 3 is 2.12 bits per heavy atom. The summed E-state index contributed by atoms with van der Waals surface area (Å²) in [6.45, 7) is 3.23. The first-order chi connectivity index (χ1) is 15.2. The first kappa shape index (κ1) is 22.9. The summed E-state index contributed by atoms with van der Waals surface area (Å²) in [6.07, 6.45) is 0. The average molecular weight is 455 g/mol. The van der Waals surface area contributed by atoms with E-state index in [0.29, 0.717) is 22.5 Å². The lowest BCUT2D eigenvalue weighted by Crippen LogP contribution is -2.27. The van der Waals surface area contributed by atoms with E-state index in [-0.39, 0.29) is 10.6 Å². The minimum atomic E-state index is -3.99. The maximum absolute atomic E-state index is 12.8. The smallest absolute Gasteiger partial charge is 0.308 e. The highest BCUT2D eigenvalue weighted by Gasteiger charge is 2.23. The average Bonchev–Trinajstić information content (AvgIpc) is 2.74. The van der Waals surface area contributed by atoms with Gasteiger partial charge in [0.2, 0.25) is 10.0 Å². The largest absolute Gasteiger partial charge is 0.323 e. The standard InChI is InChI=1S/C22H22N4O5S/c1-15-8-13-20(26(28)29)14-21(15)32(30,31)25-16(2)17-9-11-19(12-10-17)24-22(27)23-18-6-4-3-5-7-18/h3-14,16,25H,1-2H3,(H2,23,24,27). The lowest BCUT2D eigenvalue weighted by molar-refractivity contribution is -0.385. The summed E-state index contributed by atoms with van der Waals surface area (Å²) in [5.41, 5.74) is 1.95. The second-order valence-electron chi connectivity index (χ2n) is 7.12. The minimum absolute atomic E-state index is 0.144. The molecule has 0 aliphatic carbocycles. The number of hydrogen-bond acceptors (Lipinski definition) is 5. The van der Waals surface area contributed by atoms with E-state index < -0.39 is 27.0 Å². The molecule has 0 spiro atoms. The number of para-hydroxylation sites is 1. The van der Waals surface area contributed by atoms with Gasteiger partial charge in [0.05, 0.1) is 9.82 Å². The van der Waals surface area contributed by atoms with Crippen LogP contribution in [0.3, 0.4) is 0 Å². The molecule has 3 rings (SSSR count). The van der Waals surface area contributed by atoms with Crippen molar-refractivity contribution in [3.05, 3.63) is 94.0 Å². The molecule has 3 aromatic rings. The molecule has 2 amide bonds. The Hall–Kier alpha value is -3.76. The van der Waals surface area contributed by atoms with Gasteiger partial charge < -0.3 is 10.6 Å². The minimum Gasteiger partial charge on any atom is -0.308 e. The molecule has 3 aromatic carbocycles. The number of rotatable bonds is 7. The number of non-ortho nitro benzene ring substituents is 1. The number of nitro benzene ring substituents is 1. The van der Waals surface area contributed by atoms with Crippen molar-refractivity contribution in [1.29, 1.82) is 0 Å². The van der Waals surface area contributed by atoms with Crippen LogP contribution in [0.2, 0.25) is 0 Å². The molecule has 0 heterocycles. The van der Waals surface area contributed by atoms with E-state index in [0.717, 1.165) is 6.07 Å². The number of nitrogens with zero attached hydrogens (tertiary/aromatic N) is 1. The zero-order valence-electron chi connectivity index (χ0n) is 17.4.